The van der Waals surface area contributed by atoms with Gasteiger partial charge < -0.3 is 9.73 Å². The summed E-state index contributed by atoms with van der Waals surface area (Å²) in [6, 6.07) is 4.65. The molecule has 2 atom stereocenters. The van der Waals surface area contributed by atoms with Crippen LogP contribution in [0.5, 0.6) is 0 Å². The maximum atomic E-state index is 11.8. The predicted octanol–water partition coefficient (Wildman–Crippen LogP) is 2.12. The first-order chi connectivity index (χ1) is 10.2. The molecule has 4 heteroatoms. The number of terminal acetylenes is 1. The molecule has 3 rings (SSSR count). The van der Waals surface area contributed by atoms with Gasteiger partial charge in [-0.05, 0) is 37.3 Å². The minimum absolute atomic E-state index is 0.0116. The average molecular weight is 286 g/mol. The zero-order valence-corrected chi connectivity index (χ0v) is 12.5. The molecule has 2 aliphatic rings. The van der Waals surface area contributed by atoms with E-state index in [4.69, 9.17) is 10.8 Å². The van der Waals surface area contributed by atoms with Crippen molar-refractivity contribution < 1.29 is 9.21 Å². The smallest absolute Gasteiger partial charge is 0.234 e. The fourth-order valence-corrected chi connectivity index (χ4v) is 2.74. The summed E-state index contributed by atoms with van der Waals surface area (Å²) in [4.78, 5) is 14.0. The molecule has 1 aromatic heterocycles. The van der Waals surface area contributed by atoms with E-state index in [1.54, 1.807) is 0 Å². The Morgan fingerprint density at radius 1 is 1.52 bits per heavy atom. The van der Waals surface area contributed by atoms with Crippen molar-refractivity contribution in [3.63, 3.8) is 0 Å². The fraction of sp³-hybridized carbons (Fsp3) is 0.588. The van der Waals surface area contributed by atoms with E-state index in [9.17, 15) is 4.79 Å². The standard InChI is InChI=1S/C17H22N2O2/c1-3-8-18-17(20)11-19(13-4-5-13)10-14-6-7-16(21-14)15-9-12(15)2/h1,6-7,12-13,15H,4-5,8-11H2,2H3,(H,18,20)/t12-,15-/m0/s1. The number of carbonyl (C=O) groups is 1. The van der Waals surface area contributed by atoms with Gasteiger partial charge in [-0.1, -0.05) is 12.8 Å². The molecule has 1 amide bonds. The van der Waals surface area contributed by atoms with Gasteiger partial charge in [0.25, 0.3) is 0 Å². The summed E-state index contributed by atoms with van der Waals surface area (Å²) in [5, 5.41) is 2.72. The number of furan rings is 1. The molecular weight excluding hydrogens is 264 g/mol. The van der Waals surface area contributed by atoms with Gasteiger partial charge in [-0.25, -0.2) is 0 Å². The molecule has 0 spiro atoms. The van der Waals surface area contributed by atoms with Crippen LogP contribution in [0.4, 0.5) is 0 Å². The third kappa shape index (κ3) is 3.68. The number of rotatable bonds is 7. The Morgan fingerprint density at radius 3 is 2.90 bits per heavy atom. The highest BCUT2D eigenvalue weighted by molar-refractivity contribution is 5.78. The van der Waals surface area contributed by atoms with Crippen molar-refractivity contribution in [3.8, 4) is 12.3 Å². The van der Waals surface area contributed by atoms with Crippen LogP contribution in [0.1, 0.15) is 43.6 Å². The maximum absolute atomic E-state index is 11.8. The average Bonchev–Trinajstić information content (AvgIpc) is 3.37. The lowest BCUT2D eigenvalue weighted by molar-refractivity contribution is -0.122. The topological polar surface area (TPSA) is 45.5 Å². The van der Waals surface area contributed by atoms with E-state index < -0.39 is 0 Å². The van der Waals surface area contributed by atoms with Gasteiger partial charge in [0.05, 0.1) is 19.6 Å². The third-order valence-electron chi connectivity index (χ3n) is 4.31. The summed E-state index contributed by atoms with van der Waals surface area (Å²) in [5.41, 5.74) is 0. The minimum Gasteiger partial charge on any atom is -0.464 e. The number of hydrogen-bond donors (Lipinski definition) is 1. The van der Waals surface area contributed by atoms with E-state index in [0.29, 0.717) is 31.6 Å². The van der Waals surface area contributed by atoms with Crippen molar-refractivity contribution in [2.45, 2.75) is 44.7 Å². The Morgan fingerprint density at radius 2 is 2.29 bits per heavy atom. The Labute approximate surface area is 125 Å². The van der Waals surface area contributed by atoms with Crippen molar-refractivity contribution in [1.29, 1.82) is 0 Å². The second-order valence-electron chi connectivity index (χ2n) is 6.24. The molecule has 0 radical (unpaired) electrons. The van der Waals surface area contributed by atoms with Gasteiger partial charge in [0.2, 0.25) is 5.91 Å². The van der Waals surface area contributed by atoms with Crippen LogP contribution in [0, 0.1) is 18.3 Å². The van der Waals surface area contributed by atoms with Crippen molar-refractivity contribution in [1.82, 2.24) is 10.2 Å². The van der Waals surface area contributed by atoms with E-state index in [1.165, 1.54) is 6.42 Å². The van der Waals surface area contributed by atoms with E-state index in [0.717, 1.165) is 30.3 Å². The summed E-state index contributed by atoms with van der Waals surface area (Å²) in [5.74, 6) is 5.83. The maximum Gasteiger partial charge on any atom is 0.234 e. The molecule has 21 heavy (non-hydrogen) atoms. The molecule has 2 saturated carbocycles. The Kier molecular flexibility index (Phi) is 4.03. The lowest BCUT2D eigenvalue weighted by Crippen LogP contribution is -2.38. The SMILES string of the molecule is C#CCNC(=O)CN(Cc1ccc([C@H]2C[C@@H]2C)o1)C1CC1. The minimum atomic E-state index is -0.0116. The number of amides is 1. The second kappa shape index (κ2) is 5.95. The quantitative estimate of drug-likeness (QED) is 0.781. The van der Waals surface area contributed by atoms with Gasteiger partial charge in [-0.2, -0.15) is 0 Å². The summed E-state index contributed by atoms with van der Waals surface area (Å²) < 4.78 is 5.94. The van der Waals surface area contributed by atoms with Crippen LogP contribution in [-0.4, -0.2) is 29.9 Å². The molecule has 0 bridgehead atoms. The first-order valence-corrected chi connectivity index (χ1v) is 7.70. The lowest BCUT2D eigenvalue weighted by Gasteiger charge is -2.19. The molecule has 0 unspecified atom stereocenters. The van der Waals surface area contributed by atoms with E-state index in [2.05, 4.69) is 35.2 Å². The third-order valence-corrected chi connectivity index (χ3v) is 4.31. The molecule has 0 aliphatic heterocycles. The molecule has 2 aliphatic carbocycles. The molecule has 2 fully saturated rings. The van der Waals surface area contributed by atoms with Crippen LogP contribution in [0.3, 0.4) is 0 Å². The van der Waals surface area contributed by atoms with Crippen LogP contribution in [0.2, 0.25) is 0 Å². The zero-order chi connectivity index (χ0) is 14.8. The summed E-state index contributed by atoms with van der Waals surface area (Å²) >= 11 is 0. The molecule has 112 valence electrons. The van der Waals surface area contributed by atoms with E-state index >= 15 is 0 Å². The van der Waals surface area contributed by atoms with Crippen LogP contribution in [-0.2, 0) is 11.3 Å². The van der Waals surface area contributed by atoms with E-state index in [-0.39, 0.29) is 5.91 Å². The molecule has 0 saturated heterocycles. The Hall–Kier alpha value is -1.73. The number of nitrogens with zero attached hydrogens (tertiary/aromatic N) is 1. The van der Waals surface area contributed by atoms with Crippen LogP contribution < -0.4 is 5.32 Å². The molecule has 1 N–H and O–H groups in total. The van der Waals surface area contributed by atoms with Gasteiger partial charge in [-0.15, -0.1) is 6.42 Å². The van der Waals surface area contributed by atoms with Gasteiger partial charge in [0.15, 0.2) is 0 Å². The van der Waals surface area contributed by atoms with Gasteiger partial charge >= 0.3 is 0 Å². The number of hydrogen-bond acceptors (Lipinski definition) is 3. The Bertz CT molecular complexity index is 553. The predicted molar refractivity (Wildman–Crippen MR) is 80.5 cm³/mol. The molecule has 0 aromatic carbocycles. The van der Waals surface area contributed by atoms with Crippen LogP contribution in [0.15, 0.2) is 16.5 Å². The first kappa shape index (κ1) is 14.2. The van der Waals surface area contributed by atoms with Gasteiger partial charge in [0.1, 0.15) is 11.5 Å². The van der Waals surface area contributed by atoms with Crippen molar-refractivity contribution in [2.75, 3.05) is 13.1 Å². The lowest BCUT2D eigenvalue weighted by atomic mass is 10.3. The Balaban J connectivity index is 1.56. The highest BCUT2D eigenvalue weighted by Crippen LogP contribution is 2.47. The van der Waals surface area contributed by atoms with Gasteiger partial charge in [0, 0.05) is 12.0 Å². The zero-order valence-electron chi connectivity index (χ0n) is 12.5. The van der Waals surface area contributed by atoms with Crippen molar-refractivity contribution in [3.05, 3.63) is 23.7 Å². The molecular formula is C17H22N2O2. The number of nitrogens with one attached hydrogen (secondary N) is 1. The van der Waals surface area contributed by atoms with Crippen LogP contribution in [0.25, 0.3) is 0 Å². The molecule has 1 heterocycles. The highest BCUT2D eigenvalue weighted by Gasteiger charge is 2.37. The van der Waals surface area contributed by atoms with Crippen molar-refractivity contribution >= 4 is 5.91 Å². The van der Waals surface area contributed by atoms with Crippen molar-refractivity contribution in [2.24, 2.45) is 5.92 Å². The molecule has 4 nitrogen and oxygen atoms in total. The van der Waals surface area contributed by atoms with Crippen LogP contribution >= 0.6 is 0 Å². The fourth-order valence-electron chi connectivity index (χ4n) is 2.74. The monoisotopic (exact) mass is 286 g/mol. The van der Waals surface area contributed by atoms with E-state index in [1.807, 2.05) is 0 Å². The summed E-state index contributed by atoms with van der Waals surface area (Å²) in [6.45, 7) is 3.64. The first-order valence-electron chi connectivity index (χ1n) is 7.70. The summed E-state index contributed by atoms with van der Waals surface area (Å²) in [7, 11) is 0. The highest BCUT2D eigenvalue weighted by atomic mass is 16.3. The number of carbonyl (C=O) groups excluding carboxylic acids is 1. The second-order valence-corrected chi connectivity index (χ2v) is 6.24. The summed E-state index contributed by atoms with van der Waals surface area (Å²) in [6.07, 6.45) is 8.71. The van der Waals surface area contributed by atoms with Gasteiger partial charge in [-0.3, -0.25) is 9.69 Å². The normalized spacial score (nSPS) is 23.9. The molecule has 1 aromatic rings. The largest absolute Gasteiger partial charge is 0.464 e.